The zero-order valence-corrected chi connectivity index (χ0v) is 16.3. The Bertz CT molecular complexity index is 436. The van der Waals surface area contributed by atoms with E-state index in [4.69, 9.17) is 19.0 Å². The van der Waals surface area contributed by atoms with Gasteiger partial charge >= 0.3 is 13.8 Å². The lowest BCUT2D eigenvalue weighted by Crippen LogP contribution is -2.48. The Balaban J connectivity index is 4.54. The third kappa shape index (κ3) is 9.55. The maximum absolute atomic E-state index is 11.4. The van der Waals surface area contributed by atoms with Gasteiger partial charge in [-0.05, 0) is 40.5 Å². The number of phosphoric ester groups is 1. The van der Waals surface area contributed by atoms with Crippen LogP contribution in [0.15, 0.2) is 12.2 Å². The summed E-state index contributed by atoms with van der Waals surface area (Å²) in [7, 11) is -4.57. The minimum Gasteiger partial charge on any atom is -0.462 e. The molecule has 0 spiro atoms. The summed E-state index contributed by atoms with van der Waals surface area (Å²) in [4.78, 5) is 29.4. The normalized spacial score (nSPS) is 13.6. The van der Waals surface area contributed by atoms with E-state index in [2.05, 4.69) is 27.4 Å². The second kappa shape index (κ2) is 11.0. The number of phosphoric acid groups is 1. The molecule has 1 unspecified atom stereocenters. The molecule has 0 fully saturated rings. The third-order valence-electron chi connectivity index (χ3n) is 4.48. The minimum atomic E-state index is -4.57. The Labute approximate surface area is 145 Å². The molecule has 7 nitrogen and oxygen atoms in total. The molecule has 0 aliphatic carbocycles. The van der Waals surface area contributed by atoms with Crippen LogP contribution in [-0.4, -0.2) is 59.1 Å². The summed E-state index contributed by atoms with van der Waals surface area (Å²) in [5.41, 5.74) is 0.290. The molecule has 0 saturated heterocycles. The van der Waals surface area contributed by atoms with Crippen LogP contribution in [-0.2, 0) is 18.6 Å². The van der Waals surface area contributed by atoms with Crippen molar-refractivity contribution >= 4 is 13.8 Å². The molecule has 0 amide bonds. The van der Waals surface area contributed by atoms with Crippen LogP contribution in [0, 0.1) is 0 Å². The molecule has 8 heteroatoms. The highest BCUT2D eigenvalue weighted by Crippen LogP contribution is 2.39. The Morgan fingerprint density at radius 1 is 1.17 bits per heavy atom. The van der Waals surface area contributed by atoms with Gasteiger partial charge in [0.2, 0.25) is 0 Å². The van der Waals surface area contributed by atoms with Crippen LogP contribution in [0.4, 0.5) is 0 Å². The van der Waals surface area contributed by atoms with Crippen molar-refractivity contribution in [2.75, 3.05) is 32.8 Å². The average molecular weight is 366 g/mol. The molecule has 0 aliphatic rings. The fraction of sp³-hybridized carbons (Fsp3) is 0.812. The Morgan fingerprint density at radius 3 is 2.12 bits per heavy atom. The van der Waals surface area contributed by atoms with Gasteiger partial charge in [-0.1, -0.05) is 6.58 Å². The highest BCUT2D eigenvalue weighted by atomic mass is 31.2. The monoisotopic (exact) mass is 366 g/mol. The van der Waals surface area contributed by atoms with Crippen molar-refractivity contribution < 1.29 is 32.9 Å². The molecular weight excluding hydrogens is 333 g/mol. The van der Waals surface area contributed by atoms with E-state index in [-0.39, 0.29) is 13.0 Å². The molecule has 142 valence electrons. The van der Waals surface area contributed by atoms with Crippen molar-refractivity contribution in [2.45, 2.75) is 53.1 Å². The molecule has 0 aliphatic heterocycles. The first-order valence-corrected chi connectivity index (χ1v) is 10.0. The summed E-state index contributed by atoms with van der Waals surface area (Å²) in [6, 6.07) is 0. The fourth-order valence-electron chi connectivity index (χ4n) is 2.65. The number of quaternary nitrogens is 1. The van der Waals surface area contributed by atoms with E-state index in [0.29, 0.717) is 12.0 Å². The lowest BCUT2D eigenvalue weighted by atomic mass is 10.1. The zero-order valence-electron chi connectivity index (χ0n) is 15.4. The predicted molar refractivity (Wildman–Crippen MR) is 93.3 cm³/mol. The fourth-order valence-corrected chi connectivity index (χ4v) is 3.25. The highest BCUT2D eigenvalue weighted by molar-refractivity contribution is 7.46. The molecule has 2 N–H and O–H groups in total. The van der Waals surface area contributed by atoms with E-state index in [1.165, 1.54) is 0 Å². The third-order valence-corrected chi connectivity index (χ3v) is 5.05. The van der Waals surface area contributed by atoms with Gasteiger partial charge in [0.15, 0.2) is 0 Å². The van der Waals surface area contributed by atoms with Crippen molar-refractivity contribution in [3.63, 3.8) is 0 Å². The van der Waals surface area contributed by atoms with Crippen LogP contribution in [0.25, 0.3) is 0 Å². The number of carbonyl (C=O) groups is 1. The quantitative estimate of drug-likeness (QED) is 0.225. The van der Waals surface area contributed by atoms with E-state index in [9.17, 15) is 9.36 Å². The summed E-state index contributed by atoms with van der Waals surface area (Å²) >= 11 is 0. The van der Waals surface area contributed by atoms with Crippen LogP contribution in [0.1, 0.15) is 47.0 Å². The van der Waals surface area contributed by atoms with Gasteiger partial charge in [-0.15, -0.1) is 0 Å². The van der Waals surface area contributed by atoms with Crippen LogP contribution < -0.4 is 0 Å². The highest BCUT2D eigenvalue weighted by Gasteiger charge is 2.25. The van der Waals surface area contributed by atoms with Gasteiger partial charge in [0.1, 0.15) is 0 Å². The maximum Gasteiger partial charge on any atom is 0.469 e. The second-order valence-electron chi connectivity index (χ2n) is 6.08. The van der Waals surface area contributed by atoms with Crippen molar-refractivity contribution in [1.29, 1.82) is 0 Å². The summed E-state index contributed by atoms with van der Waals surface area (Å²) < 4.78 is 21.9. The number of rotatable bonds is 13. The smallest absolute Gasteiger partial charge is 0.462 e. The van der Waals surface area contributed by atoms with E-state index in [1.807, 2.05) is 0 Å². The largest absolute Gasteiger partial charge is 0.469 e. The van der Waals surface area contributed by atoms with Crippen LogP contribution in [0.5, 0.6) is 0 Å². The van der Waals surface area contributed by atoms with Gasteiger partial charge < -0.3 is 19.0 Å². The molecule has 1 atom stereocenters. The van der Waals surface area contributed by atoms with E-state index >= 15 is 0 Å². The minimum absolute atomic E-state index is 0.0473. The van der Waals surface area contributed by atoms with Crippen LogP contribution in [0.2, 0.25) is 0 Å². The van der Waals surface area contributed by atoms with Crippen LogP contribution >= 0.6 is 7.82 Å². The number of esters is 1. The standard InChI is InChI=1S/C16H32NO6P/c1-6-17(7-2,8-3)12-9-10-15(23-24(19,20)21)11-13-22-16(18)14(4)5/h15H,4,6-13H2,1-3,5H3,(H-,19,20,21)/p+1. The van der Waals surface area contributed by atoms with Crippen molar-refractivity contribution in [3.8, 4) is 0 Å². The second-order valence-corrected chi connectivity index (χ2v) is 7.27. The molecule has 0 saturated carbocycles. The van der Waals surface area contributed by atoms with Crippen molar-refractivity contribution in [1.82, 2.24) is 0 Å². The number of nitrogens with zero attached hydrogens (tertiary/aromatic N) is 1. The van der Waals surface area contributed by atoms with Crippen LogP contribution in [0.3, 0.4) is 0 Å². The summed E-state index contributed by atoms with van der Waals surface area (Å²) in [5.74, 6) is -0.511. The average Bonchev–Trinajstić information content (AvgIpc) is 2.50. The molecule has 0 heterocycles. The van der Waals surface area contributed by atoms with Gasteiger partial charge in [-0.2, -0.15) is 0 Å². The Morgan fingerprint density at radius 2 is 1.71 bits per heavy atom. The van der Waals surface area contributed by atoms with Gasteiger partial charge in [-0.25, -0.2) is 9.36 Å². The summed E-state index contributed by atoms with van der Waals surface area (Å²) in [6.45, 7) is 15.5. The van der Waals surface area contributed by atoms with Gasteiger partial charge in [0, 0.05) is 12.0 Å². The number of hydrogen-bond donors (Lipinski definition) is 2. The number of hydrogen-bond acceptors (Lipinski definition) is 4. The molecular formula is C16H33NO6P+. The molecule has 0 aromatic heterocycles. The van der Waals surface area contributed by atoms with E-state index in [1.54, 1.807) is 6.92 Å². The predicted octanol–water partition coefficient (Wildman–Crippen LogP) is 2.63. The molecule has 24 heavy (non-hydrogen) atoms. The maximum atomic E-state index is 11.4. The van der Waals surface area contributed by atoms with E-state index < -0.39 is 19.9 Å². The first kappa shape index (κ1) is 23.3. The molecule has 0 aromatic carbocycles. The van der Waals surface area contributed by atoms with Crippen molar-refractivity contribution in [3.05, 3.63) is 12.2 Å². The topological polar surface area (TPSA) is 93.1 Å². The lowest BCUT2D eigenvalue weighted by Gasteiger charge is -2.36. The lowest BCUT2D eigenvalue weighted by molar-refractivity contribution is -0.923. The van der Waals surface area contributed by atoms with E-state index in [0.717, 1.165) is 37.1 Å². The Kier molecular flexibility index (Phi) is 10.7. The summed E-state index contributed by atoms with van der Waals surface area (Å²) in [6.07, 6.45) is 0.898. The number of ether oxygens (including phenoxy) is 1. The molecule has 0 radical (unpaired) electrons. The first-order chi connectivity index (χ1) is 11.1. The molecule has 0 rings (SSSR count). The zero-order chi connectivity index (χ0) is 18.8. The van der Waals surface area contributed by atoms with Gasteiger partial charge in [0.25, 0.3) is 0 Å². The first-order valence-electron chi connectivity index (χ1n) is 8.50. The molecule has 0 bridgehead atoms. The SMILES string of the molecule is C=C(C)C(=O)OCCC(CCC[N+](CC)(CC)CC)OP(=O)(O)O. The van der Waals surface area contributed by atoms with Gasteiger partial charge in [-0.3, -0.25) is 4.52 Å². The van der Waals surface area contributed by atoms with Gasteiger partial charge in [0.05, 0.1) is 38.9 Å². The Hall–Kier alpha value is -0.720. The summed E-state index contributed by atoms with van der Waals surface area (Å²) in [5, 5.41) is 0. The van der Waals surface area contributed by atoms with Crippen molar-refractivity contribution in [2.24, 2.45) is 0 Å². The number of carbonyl (C=O) groups excluding carboxylic acids is 1. The molecule has 0 aromatic rings.